The zero-order chi connectivity index (χ0) is 11.4. The van der Waals surface area contributed by atoms with E-state index < -0.39 is 0 Å². The van der Waals surface area contributed by atoms with E-state index >= 15 is 0 Å². The van der Waals surface area contributed by atoms with Gasteiger partial charge in [0.15, 0.2) is 0 Å². The first-order chi connectivity index (χ1) is 7.81. The standard InChI is InChI=1S/C10H10N6/c1-7(10-13-6-14-16-10)15-9-5-12-3-2-8(9)4-11/h2-3,5-7,15H,1H3,(H,13,14,16). The molecule has 0 aliphatic heterocycles. The van der Waals surface area contributed by atoms with Crippen molar-refractivity contribution in [2.75, 3.05) is 5.32 Å². The SMILES string of the molecule is CC(Nc1cnccc1C#N)c1ncn[nH]1. The van der Waals surface area contributed by atoms with Gasteiger partial charge in [-0.1, -0.05) is 0 Å². The minimum Gasteiger partial charge on any atom is -0.373 e. The Balaban J connectivity index is 2.19. The summed E-state index contributed by atoms with van der Waals surface area (Å²) in [6, 6.07) is 3.70. The van der Waals surface area contributed by atoms with Crippen molar-refractivity contribution in [1.82, 2.24) is 20.2 Å². The van der Waals surface area contributed by atoms with Crippen LogP contribution in [0.4, 0.5) is 5.69 Å². The normalized spacial score (nSPS) is 11.8. The Labute approximate surface area is 92.4 Å². The van der Waals surface area contributed by atoms with Gasteiger partial charge < -0.3 is 5.32 Å². The van der Waals surface area contributed by atoms with Crippen LogP contribution in [0.25, 0.3) is 0 Å². The first-order valence-electron chi connectivity index (χ1n) is 4.77. The molecule has 0 aliphatic carbocycles. The van der Waals surface area contributed by atoms with E-state index in [-0.39, 0.29) is 6.04 Å². The van der Waals surface area contributed by atoms with Crippen LogP contribution < -0.4 is 5.32 Å². The molecule has 0 aromatic carbocycles. The molecular weight excluding hydrogens is 204 g/mol. The molecule has 2 heterocycles. The van der Waals surface area contributed by atoms with Gasteiger partial charge in [0.1, 0.15) is 18.2 Å². The minimum atomic E-state index is -0.0567. The van der Waals surface area contributed by atoms with Crippen LogP contribution in [0.15, 0.2) is 24.8 Å². The molecule has 0 saturated heterocycles. The second kappa shape index (κ2) is 4.40. The third-order valence-electron chi connectivity index (χ3n) is 2.16. The van der Waals surface area contributed by atoms with Gasteiger partial charge in [0.05, 0.1) is 23.5 Å². The van der Waals surface area contributed by atoms with Crippen molar-refractivity contribution < 1.29 is 0 Å². The molecule has 0 amide bonds. The van der Waals surface area contributed by atoms with Crippen molar-refractivity contribution in [2.45, 2.75) is 13.0 Å². The fourth-order valence-corrected chi connectivity index (χ4v) is 1.33. The summed E-state index contributed by atoms with van der Waals surface area (Å²) >= 11 is 0. The third-order valence-corrected chi connectivity index (χ3v) is 2.16. The van der Waals surface area contributed by atoms with Crippen molar-refractivity contribution in [3.8, 4) is 6.07 Å². The van der Waals surface area contributed by atoms with E-state index in [1.54, 1.807) is 18.5 Å². The number of rotatable bonds is 3. The van der Waals surface area contributed by atoms with Crippen LogP contribution in [0.3, 0.4) is 0 Å². The number of nitrogens with zero attached hydrogens (tertiary/aromatic N) is 4. The van der Waals surface area contributed by atoms with Gasteiger partial charge in [-0.05, 0) is 13.0 Å². The lowest BCUT2D eigenvalue weighted by atomic mass is 10.2. The van der Waals surface area contributed by atoms with Crippen LogP contribution >= 0.6 is 0 Å². The molecule has 0 fully saturated rings. The van der Waals surface area contributed by atoms with Crippen LogP contribution in [-0.4, -0.2) is 20.2 Å². The van der Waals surface area contributed by atoms with Crippen LogP contribution in [0, 0.1) is 11.3 Å². The number of aromatic amines is 1. The summed E-state index contributed by atoms with van der Waals surface area (Å²) in [5, 5.41) is 18.6. The molecule has 16 heavy (non-hydrogen) atoms. The van der Waals surface area contributed by atoms with Gasteiger partial charge in [-0.2, -0.15) is 10.4 Å². The van der Waals surface area contributed by atoms with E-state index in [0.717, 1.165) is 0 Å². The zero-order valence-corrected chi connectivity index (χ0v) is 8.68. The third kappa shape index (κ3) is 1.98. The molecule has 6 heteroatoms. The molecule has 2 aromatic rings. The molecule has 2 N–H and O–H groups in total. The Morgan fingerprint density at radius 1 is 1.56 bits per heavy atom. The molecule has 2 aromatic heterocycles. The maximum Gasteiger partial charge on any atom is 0.146 e. The van der Waals surface area contributed by atoms with Gasteiger partial charge in [-0.3, -0.25) is 10.1 Å². The van der Waals surface area contributed by atoms with E-state index in [1.165, 1.54) is 6.33 Å². The molecule has 6 nitrogen and oxygen atoms in total. The monoisotopic (exact) mass is 214 g/mol. The topological polar surface area (TPSA) is 90.3 Å². The fraction of sp³-hybridized carbons (Fsp3) is 0.200. The summed E-state index contributed by atoms with van der Waals surface area (Å²) in [5.74, 6) is 0.716. The van der Waals surface area contributed by atoms with Gasteiger partial charge >= 0.3 is 0 Å². The van der Waals surface area contributed by atoms with Crippen LogP contribution in [0.1, 0.15) is 24.4 Å². The van der Waals surface area contributed by atoms with Gasteiger partial charge in [0.25, 0.3) is 0 Å². The van der Waals surface area contributed by atoms with Gasteiger partial charge in [0, 0.05) is 6.20 Å². The molecule has 0 saturated carbocycles. The first kappa shape index (κ1) is 10.1. The molecule has 0 bridgehead atoms. The Hall–Kier alpha value is -2.42. The summed E-state index contributed by atoms with van der Waals surface area (Å²) in [6.07, 6.45) is 4.65. The summed E-state index contributed by atoms with van der Waals surface area (Å²) in [7, 11) is 0. The predicted molar refractivity (Wildman–Crippen MR) is 57.4 cm³/mol. The largest absolute Gasteiger partial charge is 0.373 e. The highest BCUT2D eigenvalue weighted by Crippen LogP contribution is 2.18. The van der Waals surface area contributed by atoms with Crippen LogP contribution in [0.2, 0.25) is 0 Å². The first-order valence-corrected chi connectivity index (χ1v) is 4.77. The zero-order valence-electron chi connectivity index (χ0n) is 8.68. The quantitative estimate of drug-likeness (QED) is 0.802. The number of hydrogen-bond acceptors (Lipinski definition) is 5. The van der Waals surface area contributed by atoms with Crippen molar-refractivity contribution >= 4 is 5.69 Å². The molecule has 2 rings (SSSR count). The Bertz CT molecular complexity index is 498. The highest BCUT2D eigenvalue weighted by Gasteiger charge is 2.10. The average Bonchev–Trinajstić information content (AvgIpc) is 2.83. The summed E-state index contributed by atoms with van der Waals surface area (Å²) in [4.78, 5) is 8.00. The Morgan fingerprint density at radius 2 is 2.44 bits per heavy atom. The van der Waals surface area contributed by atoms with E-state index in [9.17, 15) is 0 Å². The molecule has 1 atom stereocenters. The number of pyridine rings is 1. The second-order valence-corrected chi connectivity index (χ2v) is 3.27. The lowest BCUT2D eigenvalue weighted by Crippen LogP contribution is -2.09. The van der Waals surface area contributed by atoms with E-state index in [2.05, 4.69) is 31.6 Å². The van der Waals surface area contributed by atoms with Gasteiger partial charge in [-0.25, -0.2) is 4.98 Å². The van der Waals surface area contributed by atoms with Gasteiger partial charge in [0.2, 0.25) is 0 Å². The number of nitriles is 1. The second-order valence-electron chi connectivity index (χ2n) is 3.27. The summed E-state index contributed by atoms with van der Waals surface area (Å²) in [6.45, 7) is 1.93. The number of H-pyrrole nitrogens is 1. The lowest BCUT2D eigenvalue weighted by Gasteiger charge is -2.12. The summed E-state index contributed by atoms with van der Waals surface area (Å²) in [5.41, 5.74) is 1.25. The van der Waals surface area contributed by atoms with Crippen molar-refractivity contribution in [3.63, 3.8) is 0 Å². The van der Waals surface area contributed by atoms with E-state index in [1.807, 2.05) is 6.92 Å². The smallest absolute Gasteiger partial charge is 0.146 e. The van der Waals surface area contributed by atoms with Crippen molar-refractivity contribution in [3.05, 3.63) is 36.2 Å². The number of aromatic nitrogens is 4. The minimum absolute atomic E-state index is 0.0567. The molecule has 1 unspecified atom stereocenters. The Kier molecular flexibility index (Phi) is 2.78. The fourth-order valence-electron chi connectivity index (χ4n) is 1.33. The van der Waals surface area contributed by atoms with Gasteiger partial charge in [-0.15, -0.1) is 0 Å². The van der Waals surface area contributed by atoms with E-state index in [4.69, 9.17) is 5.26 Å². The number of anilines is 1. The highest BCUT2D eigenvalue weighted by molar-refractivity contribution is 5.56. The number of nitrogens with one attached hydrogen (secondary N) is 2. The molecule has 0 aliphatic rings. The van der Waals surface area contributed by atoms with Crippen LogP contribution in [0.5, 0.6) is 0 Å². The van der Waals surface area contributed by atoms with Crippen LogP contribution in [-0.2, 0) is 0 Å². The molecule has 0 radical (unpaired) electrons. The summed E-state index contributed by atoms with van der Waals surface area (Å²) < 4.78 is 0. The highest BCUT2D eigenvalue weighted by atomic mass is 15.2. The Morgan fingerprint density at radius 3 is 3.12 bits per heavy atom. The van der Waals surface area contributed by atoms with Crippen molar-refractivity contribution in [1.29, 1.82) is 5.26 Å². The molecule has 80 valence electrons. The maximum atomic E-state index is 8.91. The lowest BCUT2D eigenvalue weighted by molar-refractivity contribution is 0.794. The number of hydrogen-bond donors (Lipinski definition) is 2. The predicted octanol–water partition coefficient (Wildman–Crippen LogP) is 1.24. The molecule has 0 spiro atoms. The average molecular weight is 214 g/mol. The maximum absolute atomic E-state index is 8.91. The molecular formula is C10H10N6. The van der Waals surface area contributed by atoms with Crippen molar-refractivity contribution in [2.24, 2.45) is 0 Å². The van der Waals surface area contributed by atoms with E-state index in [0.29, 0.717) is 17.1 Å².